The van der Waals surface area contributed by atoms with Gasteiger partial charge in [-0.05, 0) is 42.8 Å². The average Bonchev–Trinajstić information content (AvgIpc) is 2.70. The molecule has 2 aromatic carbocycles. The van der Waals surface area contributed by atoms with Crippen molar-refractivity contribution in [2.45, 2.75) is 24.0 Å². The van der Waals surface area contributed by atoms with Crippen LogP contribution in [0.1, 0.15) is 24.1 Å². The van der Waals surface area contributed by atoms with Crippen molar-refractivity contribution in [2.24, 2.45) is 0 Å². The first kappa shape index (κ1) is 22.7. The number of hydrogen-bond donors (Lipinski definition) is 1. The minimum Gasteiger partial charge on any atom is -0.497 e. The summed E-state index contributed by atoms with van der Waals surface area (Å²) in [4.78, 5) is 13.2. The maximum absolute atomic E-state index is 12.8. The lowest BCUT2D eigenvalue weighted by atomic mass is 10.1. The van der Waals surface area contributed by atoms with Gasteiger partial charge in [0.2, 0.25) is 15.9 Å². The van der Waals surface area contributed by atoms with Crippen molar-refractivity contribution in [1.82, 2.24) is 9.62 Å². The number of sulfonamides is 1. The summed E-state index contributed by atoms with van der Waals surface area (Å²) in [6.45, 7) is 1.18. The van der Waals surface area contributed by atoms with Crippen LogP contribution in [0.5, 0.6) is 5.75 Å². The van der Waals surface area contributed by atoms with E-state index in [0.29, 0.717) is 11.8 Å². The molecule has 10 heteroatoms. The lowest BCUT2D eigenvalue weighted by molar-refractivity contribution is -0.137. The summed E-state index contributed by atoms with van der Waals surface area (Å²) in [6, 6.07) is 10.0. The summed E-state index contributed by atoms with van der Waals surface area (Å²) in [7, 11) is -1.24. The number of carbonyl (C=O) groups is 1. The van der Waals surface area contributed by atoms with Gasteiger partial charge in [-0.15, -0.1) is 0 Å². The molecule has 2 aromatic rings. The van der Waals surface area contributed by atoms with Crippen molar-refractivity contribution >= 4 is 15.9 Å². The molecule has 0 aliphatic rings. The topological polar surface area (TPSA) is 75.7 Å². The third-order valence-electron chi connectivity index (χ3n) is 4.46. The maximum Gasteiger partial charge on any atom is 0.416 e. The predicted molar refractivity (Wildman–Crippen MR) is 101 cm³/mol. The number of nitrogens with one attached hydrogen (secondary N) is 1. The molecule has 0 heterocycles. The molecule has 0 spiro atoms. The minimum atomic E-state index is -4.67. The number of likely N-dealkylation sites (N-methyl/N-ethyl adjacent to an activating group) is 1. The Morgan fingerprint density at radius 1 is 1.17 bits per heavy atom. The normalized spacial score (nSPS) is 13.0. The van der Waals surface area contributed by atoms with E-state index in [2.05, 4.69) is 4.72 Å². The number of alkyl halides is 3. The quantitative estimate of drug-likeness (QED) is 0.732. The second kappa shape index (κ2) is 8.83. The number of amides is 1. The molecule has 1 N–H and O–H groups in total. The van der Waals surface area contributed by atoms with Crippen LogP contribution in [0.25, 0.3) is 0 Å². The third kappa shape index (κ3) is 5.70. The molecule has 1 atom stereocenters. The summed E-state index contributed by atoms with van der Waals surface area (Å²) in [6.07, 6.45) is -4.67. The van der Waals surface area contributed by atoms with Gasteiger partial charge in [0.05, 0.1) is 30.2 Å². The Kier molecular flexibility index (Phi) is 6.91. The van der Waals surface area contributed by atoms with E-state index in [-0.39, 0.29) is 6.04 Å². The molecule has 1 unspecified atom stereocenters. The van der Waals surface area contributed by atoms with Gasteiger partial charge in [0.25, 0.3) is 0 Å². The summed E-state index contributed by atoms with van der Waals surface area (Å²) in [5.74, 6) is 0.118. The fourth-order valence-corrected chi connectivity index (χ4v) is 3.55. The molecule has 2 rings (SSSR count). The number of carbonyl (C=O) groups excluding carboxylic acids is 1. The van der Waals surface area contributed by atoms with E-state index in [4.69, 9.17) is 4.74 Å². The van der Waals surface area contributed by atoms with E-state index >= 15 is 0 Å². The van der Waals surface area contributed by atoms with Crippen molar-refractivity contribution in [3.05, 3.63) is 59.7 Å². The Balaban J connectivity index is 2.06. The fraction of sp³-hybridized carbons (Fsp3) is 0.316. The number of ether oxygens (including phenoxy) is 1. The van der Waals surface area contributed by atoms with Gasteiger partial charge in [-0.2, -0.15) is 13.2 Å². The molecule has 0 aromatic heterocycles. The second-order valence-corrected chi connectivity index (χ2v) is 8.07. The van der Waals surface area contributed by atoms with Crippen LogP contribution in [0.2, 0.25) is 0 Å². The number of rotatable bonds is 7. The molecule has 29 heavy (non-hydrogen) atoms. The molecular weight excluding hydrogens is 409 g/mol. The van der Waals surface area contributed by atoms with E-state index in [1.165, 1.54) is 19.1 Å². The van der Waals surface area contributed by atoms with E-state index in [9.17, 15) is 26.4 Å². The standard InChI is InChI=1S/C19H21F3N2O4S/c1-13(14-7-9-16(28-3)10-8-14)24(2)18(25)12-23-29(26,27)17-6-4-5-15(11-17)19(20,21)22/h4-11,13,23H,12H2,1-3H3. The van der Waals surface area contributed by atoms with Crippen LogP contribution in [-0.2, 0) is 21.0 Å². The number of hydrogen-bond acceptors (Lipinski definition) is 4. The smallest absolute Gasteiger partial charge is 0.416 e. The highest BCUT2D eigenvalue weighted by atomic mass is 32.2. The Morgan fingerprint density at radius 2 is 1.79 bits per heavy atom. The Morgan fingerprint density at radius 3 is 2.34 bits per heavy atom. The highest BCUT2D eigenvalue weighted by molar-refractivity contribution is 7.89. The first-order chi connectivity index (χ1) is 13.5. The molecule has 6 nitrogen and oxygen atoms in total. The molecular formula is C19H21F3N2O4S. The number of nitrogens with zero attached hydrogens (tertiary/aromatic N) is 1. The first-order valence-corrected chi connectivity index (χ1v) is 10.0. The maximum atomic E-state index is 12.8. The van der Waals surface area contributed by atoms with Gasteiger partial charge in [-0.3, -0.25) is 4.79 Å². The number of halogens is 3. The van der Waals surface area contributed by atoms with Gasteiger partial charge < -0.3 is 9.64 Å². The molecule has 158 valence electrons. The molecule has 1 amide bonds. The van der Waals surface area contributed by atoms with Crippen LogP contribution in [0.3, 0.4) is 0 Å². The van der Waals surface area contributed by atoms with Gasteiger partial charge in [-0.1, -0.05) is 18.2 Å². The summed E-state index contributed by atoms with van der Waals surface area (Å²) < 4.78 is 70.1. The molecule has 0 saturated carbocycles. The largest absolute Gasteiger partial charge is 0.497 e. The zero-order valence-corrected chi connectivity index (χ0v) is 16.8. The van der Waals surface area contributed by atoms with Crippen molar-refractivity contribution in [3.63, 3.8) is 0 Å². The molecule has 0 radical (unpaired) electrons. The van der Waals surface area contributed by atoms with Gasteiger partial charge in [0.1, 0.15) is 5.75 Å². The molecule has 0 aliphatic carbocycles. The lowest BCUT2D eigenvalue weighted by Crippen LogP contribution is -2.39. The molecule has 0 aliphatic heterocycles. The summed E-state index contributed by atoms with van der Waals surface area (Å²) >= 11 is 0. The van der Waals surface area contributed by atoms with E-state index in [0.717, 1.165) is 23.8 Å². The highest BCUT2D eigenvalue weighted by Gasteiger charge is 2.31. The zero-order valence-electron chi connectivity index (χ0n) is 16.0. The lowest BCUT2D eigenvalue weighted by Gasteiger charge is -2.25. The first-order valence-electron chi connectivity index (χ1n) is 8.52. The van der Waals surface area contributed by atoms with Crippen molar-refractivity contribution in [1.29, 1.82) is 0 Å². The molecule has 0 bridgehead atoms. The van der Waals surface area contributed by atoms with Crippen molar-refractivity contribution in [2.75, 3.05) is 20.7 Å². The van der Waals surface area contributed by atoms with Crippen LogP contribution in [0.4, 0.5) is 13.2 Å². The van der Waals surface area contributed by atoms with Crippen molar-refractivity contribution in [3.8, 4) is 5.75 Å². The number of methoxy groups -OCH3 is 1. The van der Waals surface area contributed by atoms with Gasteiger partial charge >= 0.3 is 6.18 Å². The zero-order chi connectivity index (χ0) is 21.8. The second-order valence-electron chi connectivity index (χ2n) is 6.30. The fourth-order valence-electron chi connectivity index (χ4n) is 2.53. The van der Waals surface area contributed by atoms with Crippen LogP contribution in [-0.4, -0.2) is 39.9 Å². The monoisotopic (exact) mass is 430 g/mol. The van der Waals surface area contributed by atoms with Crippen LogP contribution >= 0.6 is 0 Å². The van der Waals surface area contributed by atoms with Crippen LogP contribution in [0, 0.1) is 0 Å². The summed E-state index contributed by atoms with van der Waals surface area (Å²) in [5, 5.41) is 0. The Hall–Kier alpha value is -2.59. The summed E-state index contributed by atoms with van der Waals surface area (Å²) in [5.41, 5.74) is -0.278. The number of benzene rings is 2. The molecule has 0 fully saturated rings. The Bertz CT molecular complexity index is 960. The Labute approximate surface area is 167 Å². The molecule has 0 saturated heterocycles. The van der Waals surface area contributed by atoms with Crippen molar-refractivity contribution < 1.29 is 31.1 Å². The van der Waals surface area contributed by atoms with E-state index in [1.807, 2.05) is 0 Å². The van der Waals surface area contributed by atoms with Gasteiger partial charge in [-0.25, -0.2) is 13.1 Å². The van der Waals surface area contributed by atoms with E-state index in [1.54, 1.807) is 31.2 Å². The SMILES string of the molecule is COc1ccc(C(C)N(C)C(=O)CNS(=O)(=O)c2cccc(C(F)(F)F)c2)cc1. The highest BCUT2D eigenvalue weighted by Crippen LogP contribution is 2.30. The minimum absolute atomic E-state index is 0.355. The van der Waals surface area contributed by atoms with Crippen LogP contribution < -0.4 is 9.46 Å². The average molecular weight is 430 g/mol. The van der Waals surface area contributed by atoms with Gasteiger partial charge in [0.15, 0.2) is 0 Å². The van der Waals surface area contributed by atoms with E-state index < -0.39 is 39.1 Å². The van der Waals surface area contributed by atoms with Crippen LogP contribution in [0.15, 0.2) is 53.4 Å². The third-order valence-corrected chi connectivity index (χ3v) is 5.86. The van der Waals surface area contributed by atoms with Gasteiger partial charge in [0, 0.05) is 7.05 Å². The predicted octanol–water partition coefficient (Wildman–Crippen LogP) is 3.21.